The molecule has 0 saturated heterocycles. The lowest BCUT2D eigenvalue weighted by atomic mass is 9.39. The molecule has 4 saturated carbocycles. The van der Waals surface area contributed by atoms with E-state index in [-0.39, 0.29) is 29.1 Å². The molecule has 4 rings (SSSR count). The molecule has 0 aromatic heterocycles. The third-order valence-corrected chi connectivity index (χ3v) is 8.83. The molecule has 136 valence electrons. The van der Waals surface area contributed by atoms with Crippen LogP contribution in [0, 0.1) is 28.1 Å². The lowest BCUT2D eigenvalue weighted by molar-refractivity contribution is -0.256. The standard InChI is InChI=1S/C20H32O4/c1-16(2)9-14(22)10-17(3)15(16)5-6-18-8-13(4-7-20(17,18)24)19(23,11-18)12-21/h13,15,21,23-24H,4-12H2,1-3H3. The van der Waals surface area contributed by atoms with Gasteiger partial charge in [-0.25, -0.2) is 0 Å². The summed E-state index contributed by atoms with van der Waals surface area (Å²) in [5, 5.41) is 32.8. The molecule has 0 aromatic rings. The second-order valence-electron chi connectivity index (χ2n) is 10.4. The summed E-state index contributed by atoms with van der Waals surface area (Å²) in [6.07, 6.45) is 5.64. The topological polar surface area (TPSA) is 77.8 Å². The van der Waals surface area contributed by atoms with Gasteiger partial charge in [0, 0.05) is 23.7 Å². The number of carbonyl (C=O) groups is 1. The molecule has 2 bridgehead atoms. The molecule has 4 aliphatic rings. The molecule has 0 amide bonds. The average Bonchev–Trinajstić information content (AvgIpc) is 2.71. The van der Waals surface area contributed by atoms with E-state index in [9.17, 15) is 20.1 Å². The van der Waals surface area contributed by atoms with Gasteiger partial charge in [-0.15, -0.1) is 0 Å². The van der Waals surface area contributed by atoms with Crippen LogP contribution in [0.3, 0.4) is 0 Å². The van der Waals surface area contributed by atoms with Crippen molar-refractivity contribution >= 4 is 5.78 Å². The fourth-order valence-electron chi connectivity index (χ4n) is 7.93. The van der Waals surface area contributed by atoms with Crippen LogP contribution in [-0.4, -0.2) is 38.9 Å². The molecule has 4 heteroatoms. The minimum atomic E-state index is -1.05. The first kappa shape index (κ1) is 17.0. The van der Waals surface area contributed by atoms with Crippen molar-refractivity contribution in [3.8, 4) is 0 Å². The first-order chi connectivity index (χ1) is 11.0. The first-order valence-electron chi connectivity index (χ1n) is 9.59. The van der Waals surface area contributed by atoms with E-state index < -0.39 is 16.6 Å². The average molecular weight is 336 g/mol. The fourth-order valence-corrected chi connectivity index (χ4v) is 7.93. The molecule has 1 spiro atoms. The molecule has 0 heterocycles. The number of Topliss-reactive ketones (excluding diaryl/α,β-unsaturated/α-hetero) is 1. The van der Waals surface area contributed by atoms with E-state index in [4.69, 9.17) is 0 Å². The Bertz CT molecular complexity index is 586. The zero-order valence-corrected chi connectivity index (χ0v) is 15.3. The zero-order valence-electron chi connectivity index (χ0n) is 15.3. The van der Waals surface area contributed by atoms with Crippen LogP contribution in [0.1, 0.15) is 72.1 Å². The normalized spacial score (nSPS) is 55.8. The maximum atomic E-state index is 12.5. The van der Waals surface area contributed by atoms with E-state index >= 15 is 0 Å². The largest absolute Gasteiger partial charge is 0.393 e. The molecule has 0 radical (unpaired) electrons. The Labute approximate surface area is 144 Å². The van der Waals surface area contributed by atoms with E-state index in [1.807, 2.05) is 0 Å². The zero-order chi connectivity index (χ0) is 17.6. The van der Waals surface area contributed by atoms with Gasteiger partial charge < -0.3 is 15.3 Å². The SMILES string of the molecule is CC1(C)CC(=O)CC2(C)C1CCC13CC(CCC12O)C(O)(CO)C3. The molecule has 3 N–H and O–H groups in total. The van der Waals surface area contributed by atoms with Gasteiger partial charge in [-0.05, 0) is 55.8 Å². The summed E-state index contributed by atoms with van der Waals surface area (Å²) in [4.78, 5) is 12.5. The number of hydrogen-bond donors (Lipinski definition) is 3. The quantitative estimate of drug-likeness (QED) is 0.687. The summed E-state index contributed by atoms with van der Waals surface area (Å²) in [5.74, 6) is 0.676. The second kappa shape index (κ2) is 4.63. The van der Waals surface area contributed by atoms with E-state index in [1.165, 1.54) is 0 Å². The summed E-state index contributed by atoms with van der Waals surface area (Å²) in [6, 6.07) is 0. The van der Waals surface area contributed by atoms with E-state index in [1.54, 1.807) is 0 Å². The van der Waals surface area contributed by atoms with E-state index in [0.717, 1.165) is 25.7 Å². The Balaban J connectivity index is 1.82. The number of carbonyl (C=O) groups excluding carboxylic acids is 1. The molecule has 4 fully saturated rings. The third kappa shape index (κ3) is 1.78. The van der Waals surface area contributed by atoms with Crippen molar-refractivity contribution in [3.05, 3.63) is 0 Å². The lowest BCUT2D eigenvalue weighted by Crippen LogP contribution is -2.68. The fraction of sp³-hybridized carbons (Fsp3) is 0.950. The Hall–Kier alpha value is -0.450. The number of fused-ring (bicyclic) bond motifs is 3. The third-order valence-electron chi connectivity index (χ3n) is 8.83. The van der Waals surface area contributed by atoms with Crippen molar-refractivity contribution in [2.45, 2.75) is 83.3 Å². The Morgan fingerprint density at radius 3 is 2.46 bits per heavy atom. The van der Waals surface area contributed by atoms with Gasteiger partial charge >= 0.3 is 0 Å². The summed E-state index contributed by atoms with van der Waals surface area (Å²) < 4.78 is 0. The van der Waals surface area contributed by atoms with Crippen molar-refractivity contribution in [3.63, 3.8) is 0 Å². The minimum Gasteiger partial charge on any atom is -0.393 e. The van der Waals surface area contributed by atoms with Gasteiger partial charge in [0.2, 0.25) is 0 Å². The highest BCUT2D eigenvalue weighted by Gasteiger charge is 2.74. The van der Waals surface area contributed by atoms with Crippen LogP contribution < -0.4 is 0 Å². The molecule has 6 atom stereocenters. The maximum Gasteiger partial charge on any atom is 0.134 e. The molecule has 24 heavy (non-hydrogen) atoms. The number of aliphatic hydroxyl groups is 3. The molecule has 0 aromatic carbocycles. The van der Waals surface area contributed by atoms with E-state index in [0.29, 0.717) is 31.6 Å². The molecule has 4 aliphatic carbocycles. The summed E-state index contributed by atoms with van der Waals surface area (Å²) in [7, 11) is 0. The number of rotatable bonds is 1. The van der Waals surface area contributed by atoms with Gasteiger partial charge in [-0.1, -0.05) is 20.8 Å². The predicted molar refractivity (Wildman–Crippen MR) is 90.2 cm³/mol. The van der Waals surface area contributed by atoms with Gasteiger partial charge in [-0.2, -0.15) is 0 Å². The van der Waals surface area contributed by atoms with Crippen LogP contribution in [0.25, 0.3) is 0 Å². The van der Waals surface area contributed by atoms with Crippen molar-refractivity contribution in [2.75, 3.05) is 6.61 Å². The predicted octanol–water partition coefficient (Wildman–Crippen LogP) is 2.44. The number of hydrogen-bond acceptors (Lipinski definition) is 4. The van der Waals surface area contributed by atoms with Crippen LogP contribution in [0.4, 0.5) is 0 Å². The summed E-state index contributed by atoms with van der Waals surface area (Å²) in [5.41, 5.74) is -2.81. The molecule has 0 aliphatic heterocycles. The molecule has 6 unspecified atom stereocenters. The van der Waals surface area contributed by atoms with Crippen molar-refractivity contribution in [1.82, 2.24) is 0 Å². The van der Waals surface area contributed by atoms with E-state index in [2.05, 4.69) is 20.8 Å². The minimum absolute atomic E-state index is 0.0789. The van der Waals surface area contributed by atoms with Crippen LogP contribution in [0.5, 0.6) is 0 Å². The van der Waals surface area contributed by atoms with Gasteiger partial charge in [0.1, 0.15) is 5.78 Å². The van der Waals surface area contributed by atoms with Gasteiger partial charge in [0.15, 0.2) is 0 Å². The van der Waals surface area contributed by atoms with Gasteiger partial charge in [0.25, 0.3) is 0 Å². The van der Waals surface area contributed by atoms with Crippen LogP contribution in [0.2, 0.25) is 0 Å². The number of aliphatic hydroxyl groups excluding tert-OH is 1. The van der Waals surface area contributed by atoms with Crippen LogP contribution in [-0.2, 0) is 4.79 Å². The highest BCUT2D eigenvalue weighted by atomic mass is 16.3. The van der Waals surface area contributed by atoms with Gasteiger partial charge in [0.05, 0.1) is 17.8 Å². The monoisotopic (exact) mass is 336 g/mol. The van der Waals surface area contributed by atoms with Crippen LogP contribution >= 0.6 is 0 Å². The number of ketones is 1. The molecule has 4 nitrogen and oxygen atoms in total. The lowest BCUT2D eigenvalue weighted by Gasteiger charge is -2.67. The maximum absolute atomic E-state index is 12.5. The van der Waals surface area contributed by atoms with Crippen molar-refractivity contribution < 1.29 is 20.1 Å². The summed E-state index contributed by atoms with van der Waals surface area (Å²) >= 11 is 0. The van der Waals surface area contributed by atoms with Crippen molar-refractivity contribution in [1.29, 1.82) is 0 Å². The Morgan fingerprint density at radius 1 is 1.08 bits per heavy atom. The highest BCUT2D eigenvalue weighted by Crippen LogP contribution is 2.74. The first-order valence-corrected chi connectivity index (χ1v) is 9.59. The smallest absolute Gasteiger partial charge is 0.134 e. The van der Waals surface area contributed by atoms with Gasteiger partial charge in [-0.3, -0.25) is 4.79 Å². The Morgan fingerprint density at radius 2 is 1.79 bits per heavy atom. The second-order valence-corrected chi connectivity index (χ2v) is 10.4. The Kier molecular flexibility index (Phi) is 3.28. The molecular weight excluding hydrogens is 304 g/mol. The highest BCUT2D eigenvalue weighted by molar-refractivity contribution is 5.81. The van der Waals surface area contributed by atoms with Crippen LogP contribution in [0.15, 0.2) is 0 Å². The molecular formula is C20H32O4. The summed E-state index contributed by atoms with van der Waals surface area (Å²) in [6.45, 7) is 6.27. The van der Waals surface area contributed by atoms with Crippen molar-refractivity contribution in [2.24, 2.45) is 28.1 Å².